The van der Waals surface area contributed by atoms with Gasteiger partial charge in [0.05, 0.1) is 5.75 Å². The van der Waals surface area contributed by atoms with Crippen molar-refractivity contribution in [2.75, 3.05) is 11.5 Å². The van der Waals surface area contributed by atoms with Crippen molar-refractivity contribution < 1.29 is 23.1 Å². The van der Waals surface area contributed by atoms with E-state index < -0.39 is 18.6 Å². The van der Waals surface area contributed by atoms with Crippen LogP contribution in [0.4, 0.5) is 13.2 Å². The SMILES string of the molecule is O=C(O)CSCCCCCC(F)(F)F. The molecular weight excluding hydrogens is 217 g/mol. The number of carbonyl (C=O) groups is 1. The zero-order chi connectivity index (χ0) is 11.0. The van der Waals surface area contributed by atoms with Crippen molar-refractivity contribution in [2.45, 2.75) is 31.9 Å². The van der Waals surface area contributed by atoms with Crippen LogP contribution in [0, 0.1) is 0 Å². The minimum atomic E-state index is -4.06. The Morgan fingerprint density at radius 1 is 1.21 bits per heavy atom. The van der Waals surface area contributed by atoms with Crippen LogP contribution in [-0.2, 0) is 4.79 Å². The van der Waals surface area contributed by atoms with Crippen molar-refractivity contribution >= 4 is 17.7 Å². The molecule has 0 amide bonds. The van der Waals surface area contributed by atoms with Crippen molar-refractivity contribution in [1.29, 1.82) is 0 Å². The van der Waals surface area contributed by atoms with Gasteiger partial charge in [0, 0.05) is 6.42 Å². The number of hydrogen-bond donors (Lipinski definition) is 1. The molecule has 0 atom stereocenters. The predicted molar refractivity (Wildman–Crippen MR) is 49.5 cm³/mol. The summed E-state index contributed by atoms with van der Waals surface area (Å²) in [5, 5.41) is 8.25. The molecule has 0 fully saturated rings. The molecule has 0 rings (SSSR count). The average molecular weight is 230 g/mol. The van der Waals surface area contributed by atoms with Crippen LogP contribution >= 0.6 is 11.8 Å². The maximum atomic E-state index is 11.7. The Morgan fingerprint density at radius 2 is 1.86 bits per heavy atom. The topological polar surface area (TPSA) is 37.3 Å². The van der Waals surface area contributed by atoms with Gasteiger partial charge in [0.15, 0.2) is 0 Å². The molecule has 0 saturated heterocycles. The lowest BCUT2D eigenvalue weighted by Gasteiger charge is -2.04. The van der Waals surface area contributed by atoms with Crippen molar-refractivity contribution in [3.05, 3.63) is 0 Å². The second-order valence-electron chi connectivity index (χ2n) is 2.87. The van der Waals surface area contributed by atoms with Gasteiger partial charge in [-0.3, -0.25) is 4.79 Å². The van der Waals surface area contributed by atoms with E-state index in [1.165, 1.54) is 11.8 Å². The summed E-state index contributed by atoms with van der Waals surface area (Å²) < 4.78 is 35.0. The molecule has 0 radical (unpaired) electrons. The van der Waals surface area contributed by atoms with Crippen molar-refractivity contribution in [1.82, 2.24) is 0 Å². The summed E-state index contributed by atoms with van der Waals surface area (Å²) >= 11 is 1.24. The fourth-order valence-corrected chi connectivity index (χ4v) is 1.59. The van der Waals surface area contributed by atoms with E-state index in [1.54, 1.807) is 0 Å². The summed E-state index contributed by atoms with van der Waals surface area (Å²) in [7, 11) is 0. The standard InChI is InChI=1S/C8H13F3O2S/c9-8(10,11)4-2-1-3-5-14-6-7(12)13/h1-6H2,(H,12,13). The first-order valence-electron chi connectivity index (χ1n) is 4.28. The zero-order valence-corrected chi connectivity index (χ0v) is 8.46. The van der Waals surface area contributed by atoms with Gasteiger partial charge in [0.25, 0.3) is 0 Å². The normalized spacial score (nSPS) is 11.6. The Balaban J connectivity index is 3.11. The van der Waals surface area contributed by atoms with Gasteiger partial charge < -0.3 is 5.11 Å². The molecule has 0 unspecified atom stereocenters. The smallest absolute Gasteiger partial charge is 0.389 e. The van der Waals surface area contributed by atoms with Crippen LogP contribution in [0.2, 0.25) is 0 Å². The van der Waals surface area contributed by atoms with Crippen LogP contribution in [0.1, 0.15) is 25.7 Å². The van der Waals surface area contributed by atoms with Crippen molar-refractivity contribution in [3.63, 3.8) is 0 Å². The molecule has 84 valence electrons. The third kappa shape index (κ3) is 11.6. The summed E-state index contributed by atoms with van der Waals surface area (Å²) in [5.74, 6) is -0.242. The van der Waals surface area contributed by atoms with Gasteiger partial charge in [-0.1, -0.05) is 6.42 Å². The third-order valence-corrected chi connectivity index (χ3v) is 2.50. The molecule has 0 heterocycles. The third-order valence-electron chi connectivity index (χ3n) is 1.47. The van der Waals surface area contributed by atoms with Crippen molar-refractivity contribution in [3.8, 4) is 0 Å². The van der Waals surface area contributed by atoms with Gasteiger partial charge in [-0.2, -0.15) is 24.9 Å². The van der Waals surface area contributed by atoms with E-state index in [0.29, 0.717) is 18.6 Å². The number of carboxylic acids is 1. The van der Waals surface area contributed by atoms with Crippen LogP contribution in [0.15, 0.2) is 0 Å². The van der Waals surface area contributed by atoms with Gasteiger partial charge in [0.2, 0.25) is 0 Å². The maximum Gasteiger partial charge on any atom is 0.389 e. The van der Waals surface area contributed by atoms with E-state index in [-0.39, 0.29) is 12.2 Å². The second-order valence-corrected chi connectivity index (χ2v) is 3.98. The van der Waals surface area contributed by atoms with Gasteiger partial charge in [-0.25, -0.2) is 0 Å². The van der Waals surface area contributed by atoms with Gasteiger partial charge in [0.1, 0.15) is 0 Å². The van der Waals surface area contributed by atoms with Crippen LogP contribution < -0.4 is 0 Å². The number of carboxylic acid groups (broad SMARTS) is 1. The van der Waals surface area contributed by atoms with Gasteiger partial charge in [-0.15, -0.1) is 0 Å². The summed E-state index contributed by atoms with van der Waals surface area (Å²) in [6, 6.07) is 0. The molecule has 0 spiro atoms. The summed E-state index contributed by atoms with van der Waals surface area (Å²) in [4.78, 5) is 10.1. The highest BCUT2D eigenvalue weighted by atomic mass is 32.2. The molecule has 2 nitrogen and oxygen atoms in total. The van der Waals surface area contributed by atoms with E-state index in [4.69, 9.17) is 5.11 Å². The van der Waals surface area contributed by atoms with Gasteiger partial charge in [-0.05, 0) is 18.6 Å². The molecule has 0 aromatic carbocycles. The maximum absolute atomic E-state index is 11.7. The molecule has 0 aromatic rings. The Morgan fingerprint density at radius 3 is 2.36 bits per heavy atom. The Labute approximate surface area is 84.9 Å². The number of alkyl halides is 3. The van der Waals surface area contributed by atoms with Crippen molar-refractivity contribution in [2.24, 2.45) is 0 Å². The fourth-order valence-electron chi connectivity index (χ4n) is 0.866. The fraction of sp³-hybridized carbons (Fsp3) is 0.875. The molecular formula is C8H13F3O2S. The first-order valence-corrected chi connectivity index (χ1v) is 5.43. The second kappa shape index (κ2) is 6.98. The largest absolute Gasteiger partial charge is 0.481 e. The van der Waals surface area contributed by atoms with Crippen LogP contribution in [0.3, 0.4) is 0 Å². The lowest BCUT2D eigenvalue weighted by molar-refractivity contribution is -0.136. The number of aliphatic carboxylic acids is 1. The molecule has 0 aliphatic rings. The lowest BCUT2D eigenvalue weighted by Crippen LogP contribution is -2.06. The van der Waals surface area contributed by atoms with Crippen LogP contribution in [-0.4, -0.2) is 28.8 Å². The minimum Gasteiger partial charge on any atom is -0.481 e. The Hall–Kier alpha value is -0.390. The van der Waals surface area contributed by atoms with E-state index in [1.807, 2.05) is 0 Å². The Bertz CT molecular complexity index is 170. The molecule has 6 heteroatoms. The summed E-state index contributed by atoms with van der Waals surface area (Å²) in [5.41, 5.74) is 0. The number of unbranched alkanes of at least 4 members (excludes halogenated alkanes) is 2. The highest BCUT2D eigenvalue weighted by Gasteiger charge is 2.25. The average Bonchev–Trinajstić information content (AvgIpc) is 2.00. The summed E-state index contributed by atoms with van der Waals surface area (Å²) in [6.07, 6.45) is -3.51. The van der Waals surface area contributed by atoms with Crippen LogP contribution in [0.5, 0.6) is 0 Å². The quantitative estimate of drug-likeness (QED) is 0.683. The highest BCUT2D eigenvalue weighted by molar-refractivity contribution is 7.99. The van der Waals surface area contributed by atoms with E-state index in [0.717, 1.165) is 0 Å². The van der Waals surface area contributed by atoms with Gasteiger partial charge >= 0.3 is 12.1 Å². The lowest BCUT2D eigenvalue weighted by atomic mass is 10.2. The van der Waals surface area contributed by atoms with E-state index in [2.05, 4.69) is 0 Å². The number of halogens is 3. The molecule has 0 aromatic heterocycles. The first-order chi connectivity index (χ1) is 6.42. The molecule has 0 saturated carbocycles. The first kappa shape index (κ1) is 13.6. The molecule has 0 bridgehead atoms. The molecule has 0 aliphatic heterocycles. The Kier molecular flexibility index (Phi) is 6.78. The van der Waals surface area contributed by atoms with Crippen LogP contribution in [0.25, 0.3) is 0 Å². The molecule has 0 aliphatic carbocycles. The number of rotatable bonds is 7. The number of hydrogen-bond acceptors (Lipinski definition) is 2. The molecule has 1 N–H and O–H groups in total. The number of thioether (sulfide) groups is 1. The highest BCUT2D eigenvalue weighted by Crippen LogP contribution is 2.22. The molecule has 14 heavy (non-hydrogen) atoms. The van der Waals surface area contributed by atoms with E-state index in [9.17, 15) is 18.0 Å². The zero-order valence-electron chi connectivity index (χ0n) is 7.64. The van der Waals surface area contributed by atoms with E-state index >= 15 is 0 Å². The predicted octanol–water partition coefficient (Wildman–Crippen LogP) is 2.93. The monoisotopic (exact) mass is 230 g/mol. The summed E-state index contributed by atoms with van der Waals surface area (Å²) in [6.45, 7) is 0. The minimum absolute atomic E-state index is 0.0271.